The molecule has 0 spiro atoms. The largest absolute Gasteiger partial charge is 0.379 e. The molecule has 7 heteroatoms. The van der Waals surface area contributed by atoms with Gasteiger partial charge < -0.3 is 15.4 Å². The van der Waals surface area contributed by atoms with Crippen LogP contribution in [0, 0.1) is 6.92 Å². The van der Waals surface area contributed by atoms with Crippen molar-refractivity contribution in [3.05, 3.63) is 28.2 Å². The molecule has 1 aromatic carbocycles. The average Bonchev–Trinajstić information content (AvgIpc) is 2.49. The molecule has 1 saturated heterocycles. The summed E-state index contributed by atoms with van der Waals surface area (Å²) >= 11 is 3.38. The topological polar surface area (TPSA) is 70.7 Å². The zero-order chi connectivity index (χ0) is 15.9. The highest BCUT2D eigenvalue weighted by Crippen LogP contribution is 2.19. The lowest BCUT2D eigenvalue weighted by Crippen LogP contribution is -2.44. The molecule has 0 aliphatic carbocycles. The van der Waals surface area contributed by atoms with Crippen LogP contribution in [-0.4, -0.2) is 56.1 Å². The second-order valence-electron chi connectivity index (χ2n) is 5.17. The first kappa shape index (κ1) is 16.9. The Morgan fingerprint density at radius 1 is 1.27 bits per heavy atom. The Labute approximate surface area is 138 Å². The van der Waals surface area contributed by atoms with Crippen molar-refractivity contribution in [3.63, 3.8) is 0 Å². The van der Waals surface area contributed by atoms with E-state index in [-0.39, 0.29) is 18.4 Å². The average molecular weight is 370 g/mol. The number of ether oxygens (including phenoxy) is 1. The lowest BCUT2D eigenvalue weighted by molar-refractivity contribution is -0.125. The number of carbonyl (C=O) groups is 2. The van der Waals surface area contributed by atoms with Crippen molar-refractivity contribution in [1.29, 1.82) is 0 Å². The van der Waals surface area contributed by atoms with Crippen LogP contribution in [0.2, 0.25) is 0 Å². The van der Waals surface area contributed by atoms with Gasteiger partial charge in [-0.05, 0) is 30.7 Å². The predicted molar refractivity (Wildman–Crippen MR) is 87.8 cm³/mol. The number of aryl methyl sites for hydroxylation is 1. The molecule has 0 bridgehead atoms. The molecule has 1 aliphatic heterocycles. The molecule has 0 atom stereocenters. The van der Waals surface area contributed by atoms with Gasteiger partial charge in [0.1, 0.15) is 0 Å². The number of amides is 2. The highest BCUT2D eigenvalue weighted by molar-refractivity contribution is 9.10. The summed E-state index contributed by atoms with van der Waals surface area (Å²) in [5.41, 5.74) is 1.71. The van der Waals surface area contributed by atoms with Crippen molar-refractivity contribution in [2.24, 2.45) is 0 Å². The summed E-state index contributed by atoms with van der Waals surface area (Å²) in [5.74, 6) is -0.384. The Morgan fingerprint density at radius 2 is 2.00 bits per heavy atom. The number of nitrogens with zero attached hydrogens (tertiary/aromatic N) is 1. The monoisotopic (exact) mass is 369 g/mol. The van der Waals surface area contributed by atoms with Crippen LogP contribution in [0.4, 0.5) is 5.69 Å². The van der Waals surface area contributed by atoms with E-state index in [0.717, 1.165) is 28.8 Å². The first-order chi connectivity index (χ1) is 10.5. The summed E-state index contributed by atoms with van der Waals surface area (Å²) in [6, 6.07) is 5.61. The molecule has 0 unspecified atom stereocenters. The minimum atomic E-state index is -0.235. The van der Waals surface area contributed by atoms with E-state index in [4.69, 9.17) is 4.74 Å². The van der Waals surface area contributed by atoms with Gasteiger partial charge in [-0.1, -0.05) is 15.9 Å². The van der Waals surface area contributed by atoms with E-state index in [1.807, 2.05) is 30.0 Å². The molecular weight excluding hydrogens is 350 g/mol. The smallest absolute Gasteiger partial charge is 0.243 e. The first-order valence-electron chi connectivity index (χ1n) is 7.17. The molecule has 1 aliphatic rings. The summed E-state index contributed by atoms with van der Waals surface area (Å²) in [5, 5.41) is 5.43. The Hall–Kier alpha value is -1.44. The molecule has 2 rings (SSSR count). The van der Waals surface area contributed by atoms with E-state index in [1.165, 1.54) is 0 Å². The van der Waals surface area contributed by atoms with Gasteiger partial charge in [-0.15, -0.1) is 0 Å². The van der Waals surface area contributed by atoms with Gasteiger partial charge in [-0.2, -0.15) is 0 Å². The Bertz CT molecular complexity index is 545. The van der Waals surface area contributed by atoms with Crippen LogP contribution >= 0.6 is 15.9 Å². The van der Waals surface area contributed by atoms with Crippen LogP contribution in [-0.2, 0) is 14.3 Å². The highest BCUT2D eigenvalue weighted by atomic mass is 79.9. The third-order valence-corrected chi connectivity index (χ3v) is 3.87. The Morgan fingerprint density at radius 3 is 2.68 bits per heavy atom. The summed E-state index contributed by atoms with van der Waals surface area (Å²) in [6.07, 6.45) is 0. The molecule has 6 nitrogen and oxygen atoms in total. The molecule has 1 fully saturated rings. The molecule has 0 aromatic heterocycles. The third-order valence-electron chi connectivity index (χ3n) is 3.38. The SMILES string of the molecule is Cc1cc(Br)ccc1NC(=O)CNC(=O)CN1CCOCC1. The van der Waals surface area contributed by atoms with Crippen LogP contribution < -0.4 is 10.6 Å². The van der Waals surface area contributed by atoms with Crippen LogP contribution in [0.1, 0.15) is 5.56 Å². The molecule has 2 amide bonds. The number of morpholine rings is 1. The first-order valence-corrected chi connectivity index (χ1v) is 7.96. The molecule has 22 heavy (non-hydrogen) atoms. The van der Waals surface area contributed by atoms with E-state index in [1.54, 1.807) is 0 Å². The number of rotatable bonds is 5. The maximum atomic E-state index is 11.9. The number of halogens is 1. The van der Waals surface area contributed by atoms with Gasteiger partial charge in [-0.25, -0.2) is 0 Å². The van der Waals surface area contributed by atoms with E-state index >= 15 is 0 Å². The summed E-state index contributed by atoms with van der Waals surface area (Å²) in [6.45, 7) is 4.98. The summed E-state index contributed by atoms with van der Waals surface area (Å²) in [4.78, 5) is 25.7. The molecule has 0 radical (unpaired) electrons. The second kappa shape index (κ2) is 8.26. The lowest BCUT2D eigenvalue weighted by atomic mass is 10.2. The van der Waals surface area contributed by atoms with E-state index in [2.05, 4.69) is 26.6 Å². The number of nitrogens with one attached hydrogen (secondary N) is 2. The zero-order valence-electron chi connectivity index (χ0n) is 12.5. The van der Waals surface area contributed by atoms with Crippen molar-refractivity contribution in [1.82, 2.24) is 10.2 Å². The molecule has 120 valence electrons. The van der Waals surface area contributed by atoms with Crippen molar-refractivity contribution in [2.75, 3.05) is 44.7 Å². The minimum absolute atomic E-state index is 0.0291. The Kier molecular flexibility index (Phi) is 6.35. The van der Waals surface area contributed by atoms with Gasteiger partial charge in [0.2, 0.25) is 11.8 Å². The van der Waals surface area contributed by atoms with Gasteiger partial charge in [0.05, 0.1) is 26.3 Å². The van der Waals surface area contributed by atoms with Gasteiger partial charge in [0, 0.05) is 23.2 Å². The maximum Gasteiger partial charge on any atom is 0.243 e. The van der Waals surface area contributed by atoms with Gasteiger partial charge >= 0.3 is 0 Å². The highest BCUT2D eigenvalue weighted by Gasteiger charge is 2.14. The van der Waals surface area contributed by atoms with Gasteiger partial charge in [-0.3, -0.25) is 14.5 Å². The molecule has 2 N–H and O–H groups in total. The van der Waals surface area contributed by atoms with Crippen LogP contribution in [0.5, 0.6) is 0 Å². The summed E-state index contributed by atoms with van der Waals surface area (Å²) in [7, 11) is 0. The molecule has 1 heterocycles. The lowest BCUT2D eigenvalue weighted by Gasteiger charge is -2.25. The van der Waals surface area contributed by atoms with Crippen molar-refractivity contribution < 1.29 is 14.3 Å². The zero-order valence-corrected chi connectivity index (χ0v) is 14.1. The summed E-state index contributed by atoms with van der Waals surface area (Å²) < 4.78 is 6.18. The van der Waals surface area contributed by atoms with Crippen LogP contribution in [0.3, 0.4) is 0 Å². The molecule has 1 aromatic rings. The maximum absolute atomic E-state index is 11.9. The van der Waals surface area contributed by atoms with E-state index < -0.39 is 0 Å². The third kappa shape index (κ3) is 5.40. The van der Waals surface area contributed by atoms with Crippen LogP contribution in [0.25, 0.3) is 0 Å². The van der Waals surface area contributed by atoms with Crippen LogP contribution in [0.15, 0.2) is 22.7 Å². The normalized spacial score (nSPS) is 15.4. The number of hydrogen-bond acceptors (Lipinski definition) is 4. The number of benzene rings is 1. The fourth-order valence-corrected chi connectivity index (χ4v) is 2.63. The molecule has 0 saturated carbocycles. The second-order valence-corrected chi connectivity index (χ2v) is 6.09. The number of anilines is 1. The van der Waals surface area contributed by atoms with Gasteiger partial charge in [0.15, 0.2) is 0 Å². The van der Waals surface area contributed by atoms with Crippen molar-refractivity contribution in [3.8, 4) is 0 Å². The fourth-order valence-electron chi connectivity index (χ4n) is 2.16. The Balaban J connectivity index is 1.73. The van der Waals surface area contributed by atoms with E-state index in [9.17, 15) is 9.59 Å². The van der Waals surface area contributed by atoms with Crippen molar-refractivity contribution in [2.45, 2.75) is 6.92 Å². The standard InChI is InChI=1S/C15H20BrN3O3/c1-11-8-12(16)2-3-13(11)18-14(20)9-17-15(21)10-19-4-6-22-7-5-19/h2-3,8H,4-7,9-10H2,1H3,(H,17,21)(H,18,20). The number of hydrogen-bond donors (Lipinski definition) is 2. The van der Waals surface area contributed by atoms with Gasteiger partial charge in [0.25, 0.3) is 0 Å². The van der Waals surface area contributed by atoms with Crippen molar-refractivity contribution >= 4 is 33.4 Å². The van der Waals surface area contributed by atoms with E-state index in [0.29, 0.717) is 19.8 Å². The fraction of sp³-hybridized carbons (Fsp3) is 0.467. The predicted octanol–water partition coefficient (Wildman–Crippen LogP) is 1.14. The minimum Gasteiger partial charge on any atom is -0.379 e. The quantitative estimate of drug-likeness (QED) is 0.816. The number of carbonyl (C=O) groups excluding carboxylic acids is 2. The molecular formula is C15H20BrN3O3.